The average Bonchev–Trinajstić information content (AvgIpc) is 3.27. The largest absolute Gasteiger partial charge is 0.496 e. The highest BCUT2D eigenvalue weighted by Gasteiger charge is 2.19. The van der Waals surface area contributed by atoms with Crippen molar-refractivity contribution in [1.29, 1.82) is 0 Å². The van der Waals surface area contributed by atoms with Gasteiger partial charge in [-0.1, -0.05) is 12.1 Å². The lowest BCUT2D eigenvalue weighted by Crippen LogP contribution is -2.24. The highest BCUT2D eigenvalue weighted by Crippen LogP contribution is 2.36. The van der Waals surface area contributed by atoms with E-state index in [9.17, 15) is 4.79 Å². The van der Waals surface area contributed by atoms with Crippen LogP contribution < -0.4 is 24.5 Å². The quantitative estimate of drug-likeness (QED) is 0.336. The van der Waals surface area contributed by atoms with Gasteiger partial charge < -0.3 is 19.1 Å². The van der Waals surface area contributed by atoms with E-state index < -0.39 is 0 Å². The summed E-state index contributed by atoms with van der Waals surface area (Å²) < 4.78 is 17.5. The van der Waals surface area contributed by atoms with Gasteiger partial charge in [-0.15, -0.1) is 0 Å². The summed E-state index contributed by atoms with van der Waals surface area (Å²) in [6.45, 7) is 1.89. The van der Waals surface area contributed by atoms with Gasteiger partial charge in [0.1, 0.15) is 17.2 Å². The zero-order valence-electron chi connectivity index (χ0n) is 16.5. The molecule has 0 atom stereocenters. The van der Waals surface area contributed by atoms with Crippen LogP contribution in [0.15, 0.2) is 41.5 Å². The van der Waals surface area contributed by atoms with Gasteiger partial charge in [0.15, 0.2) is 6.61 Å². The van der Waals surface area contributed by atoms with E-state index in [0.29, 0.717) is 17.1 Å². The van der Waals surface area contributed by atoms with Crippen molar-refractivity contribution in [2.45, 2.75) is 12.8 Å². The van der Waals surface area contributed by atoms with Crippen LogP contribution >= 0.6 is 22.6 Å². The molecule has 1 aliphatic heterocycles. The fourth-order valence-electron chi connectivity index (χ4n) is 3.12. The summed E-state index contributed by atoms with van der Waals surface area (Å²) >= 11 is 2.16. The Hall–Kier alpha value is -2.49. The number of hydrogen-bond acceptors (Lipinski definition) is 6. The Kier molecular flexibility index (Phi) is 7.56. The molecule has 1 fully saturated rings. The molecule has 0 aliphatic carbocycles. The van der Waals surface area contributed by atoms with Crippen LogP contribution in [0, 0.1) is 3.57 Å². The number of nitrogens with one attached hydrogen (secondary N) is 1. The lowest BCUT2D eigenvalue weighted by atomic mass is 10.1. The Bertz CT molecular complexity index is 882. The molecular formula is C21H24IN3O4. The van der Waals surface area contributed by atoms with Gasteiger partial charge in [-0.05, 0) is 53.6 Å². The maximum absolute atomic E-state index is 12.0. The van der Waals surface area contributed by atoms with Gasteiger partial charge >= 0.3 is 0 Å². The molecule has 0 spiro atoms. The average molecular weight is 509 g/mol. The van der Waals surface area contributed by atoms with Crippen LogP contribution in [0.3, 0.4) is 0 Å². The number of carbonyl (C=O) groups excluding carboxylic acids is 1. The second-order valence-corrected chi connectivity index (χ2v) is 7.63. The molecule has 0 aromatic heterocycles. The Morgan fingerprint density at radius 2 is 1.86 bits per heavy atom. The summed E-state index contributed by atoms with van der Waals surface area (Å²) in [6.07, 6.45) is 3.88. The van der Waals surface area contributed by atoms with Crippen molar-refractivity contribution < 1.29 is 19.0 Å². The third kappa shape index (κ3) is 5.53. The number of hydrazone groups is 1. The number of methoxy groups -OCH3 is 2. The molecule has 0 saturated carbocycles. The summed E-state index contributed by atoms with van der Waals surface area (Å²) in [7, 11) is 3.26. The molecule has 1 N–H and O–H groups in total. The number of nitrogens with zero attached hydrogens (tertiary/aromatic N) is 2. The van der Waals surface area contributed by atoms with Gasteiger partial charge in [-0.25, -0.2) is 5.43 Å². The molecule has 7 nitrogen and oxygen atoms in total. The second kappa shape index (κ2) is 10.3. The van der Waals surface area contributed by atoms with Gasteiger partial charge in [-0.2, -0.15) is 5.10 Å². The standard InChI is InChI=1S/C21H24IN3O4/c1-27-19-12-17(25-9-5-6-10-25)20(28-2)11-15(19)13-23-24-21(26)14-29-18-8-4-3-7-16(18)22/h3-4,7-8,11-13H,5-6,9-10,14H2,1-2H3,(H,24,26)/b23-13+. The van der Waals surface area contributed by atoms with E-state index in [1.165, 1.54) is 12.8 Å². The first-order valence-corrected chi connectivity index (χ1v) is 10.4. The van der Waals surface area contributed by atoms with E-state index in [1.54, 1.807) is 20.4 Å². The number of benzene rings is 2. The van der Waals surface area contributed by atoms with Crippen LogP contribution in [0.1, 0.15) is 18.4 Å². The Labute approximate surface area is 184 Å². The molecule has 0 radical (unpaired) electrons. The Morgan fingerprint density at radius 1 is 1.14 bits per heavy atom. The van der Waals surface area contributed by atoms with Crippen molar-refractivity contribution in [3.05, 3.63) is 45.5 Å². The van der Waals surface area contributed by atoms with Crippen LogP contribution in [-0.2, 0) is 4.79 Å². The minimum absolute atomic E-state index is 0.119. The molecular weight excluding hydrogens is 485 g/mol. The van der Waals surface area contributed by atoms with Crippen molar-refractivity contribution in [2.24, 2.45) is 5.10 Å². The lowest BCUT2D eigenvalue weighted by molar-refractivity contribution is -0.123. The monoisotopic (exact) mass is 509 g/mol. The normalized spacial score (nSPS) is 13.6. The zero-order valence-corrected chi connectivity index (χ0v) is 18.6. The van der Waals surface area contributed by atoms with Gasteiger partial charge in [-0.3, -0.25) is 4.79 Å². The number of anilines is 1. The molecule has 2 aromatic rings. The van der Waals surface area contributed by atoms with Crippen molar-refractivity contribution in [3.63, 3.8) is 0 Å². The molecule has 29 heavy (non-hydrogen) atoms. The predicted octanol–water partition coefficient (Wildman–Crippen LogP) is 3.44. The summed E-state index contributed by atoms with van der Waals surface area (Å²) in [5, 5.41) is 4.03. The molecule has 154 valence electrons. The highest BCUT2D eigenvalue weighted by molar-refractivity contribution is 14.1. The minimum Gasteiger partial charge on any atom is -0.496 e. The summed E-state index contributed by atoms with van der Waals surface area (Å²) in [4.78, 5) is 14.3. The first-order valence-electron chi connectivity index (χ1n) is 9.32. The second-order valence-electron chi connectivity index (χ2n) is 6.47. The predicted molar refractivity (Wildman–Crippen MR) is 121 cm³/mol. The van der Waals surface area contributed by atoms with Gasteiger partial charge in [0.25, 0.3) is 5.91 Å². The van der Waals surface area contributed by atoms with Crippen molar-refractivity contribution in [3.8, 4) is 17.2 Å². The van der Waals surface area contributed by atoms with Gasteiger partial charge in [0.05, 0.1) is 29.7 Å². The van der Waals surface area contributed by atoms with E-state index >= 15 is 0 Å². The van der Waals surface area contributed by atoms with Crippen LogP contribution in [0.2, 0.25) is 0 Å². The Balaban J connectivity index is 1.64. The number of ether oxygens (including phenoxy) is 3. The molecule has 1 heterocycles. The number of amides is 1. The molecule has 2 aromatic carbocycles. The molecule has 1 aliphatic rings. The van der Waals surface area contributed by atoms with Crippen molar-refractivity contribution >= 4 is 40.4 Å². The van der Waals surface area contributed by atoms with Crippen LogP contribution in [0.4, 0.5) is 5.69 Å². The van der Waals surface area contributed by atoms with E-state index in [1.807, 2.05) is 36.4 Å². The topological polar surface area (TPSA) is 72.4 Å². The number of halogens is 1. The molecule has 0 unspecified atom stereocenters. The van der Waals surface area contributed by atoms with Crippen LogP contribution in [-0.4, -0.2) is 46.0 Å². The molecule has 0 bridgehead atoms. The molecule has 8 heteroatoms. The number of rotatable bonds is 8. The summed E-state index contributed by atoms with van der Waals surface area (Å²) in [5.41, 5.74) is 4.20. The third-order valence-electron chi connectivity index (χ3n) is 4.57. The van der Waals surface area contributed by atoms with Crippen molar-refractivity contribution in [2.75, 3.05) is 38.8 Å². The first-order chi connectivity index (χ1) is 14.1. The molecule has 1 saturated heterocycles. The lowest BCUT2D eigenvalue weighted by Gasteiger charge is -2.22. The smallest absolute Gasteiger partial charge is 0.277 e. The fourth-order valence-corrected chi connectivity index (χ4v) is 3.67. The Morgan fingerprint density at radius 3 is 2.55 bits per heavy atom. The van der Waals surface area contributed by atoms with Gasteiger partial charge in [0, 0.05) is 24.7 Å². The fraction of sp³-hybridized carbons (Fsp3) is 0.333. The van der Waals surface area contributed by atoms with Crippen LogP contribution in [0.5, 0.6) is 17.2 Å². The number of hydrogen-bond donors (Lipinski definition) is 1. The number of para-hydroxylation sites is 1. The van der Waals surface area contributed by atoms with E-state index in [2.05, 4.69) is 38.0 Å². The third-order valence-corrected chi connectivity index (χ3v) is 5.46. The first kappa shape index (κ1) is 21.2. The summed E-state index contributed by atoms with van der Waals surface area (Å²) in [6, 6.07) is 11.3. The van der Waals surface area contributed by atoms with Gasteiger partial charge in [0.2, 0.25) is 0 Å². The zero-order chi connectivity index (χ0) is 20.6. The van der Waals surface area contributed by atoms with Crippen molar-refractivity contribution in [1.82, 2.24) is 5.43 Å². The number of carbonyl (C=O) groups is 1. The molecule has 3 rings (SSSR count). The van der Waals surface area contributed by atoms with Crippen LogP contribution in [0.25, 0.3) is 0 Å². The maximum atomic E-state index is 12.0. The van der Waals surface area contributed by atoms with E-state index in [-0.39, 0.29) is 12.5 Å². The maximum Gasteiger partial charge on any atom is 0.277 e. The van der Waals surface area contributed by atoms with E-state index in [0.717, 1.165) is 28.1 Å². The SMILES string of the molecule is COc1cc(N2CCCC2)c(OC)cc1/C=N/NC(=O)COc1ccccc1I. The minimum atomic E-state index is -0.347. The van der Waals surface area contributed by atoms with E-state index in [4.69, 9.17) is 14.2 Å². The highest BCUT2D eigenvalue weighted by atomic mass is 127. The molecule has 1 amide bonds. The summed E-state index contributed by atoms with van der Waals surface area (Å²) in [5.74, 6) is 1.74.